The summed E-state index contributed by atoms with van der Waals surface area (Å²) >= 11 is 0. The molecule has 1 aromatic carbocycles. The molecule has 1 rings (SSSR count). The van der Waals surface area contributed by atoms with Crippen molar-refractivity contribution in [3.8, 4) is 11.5 Å². The monoisotopic (exact) mass is 260 g/mol. The van der Waals surface area contributed by atoms with E-state index in [1.54, 1.807) is 32.4 Å². The Morgan fingerprint density at radius 3 is 2.11 bits per heavy atom. The molecule has 3 nitrogen and oxygen atoms in total. The predicted molar refractivity (Wildman–Crippen MR) is 77.6 cm³/mol. The maximum atomic E-state index is 11.6. The normalized spacial score (nSPS) is 11.4. The topological polar surface area (TPSA) is 35.5 Å². The lowest BCUT2D eigenvalue weighted by Gasteiger charge is -2.05. The van der Waals surface area contributed by atoms with Crippen LogP contribution in [0.15, 0.2) is 36.4 Å². The molecule has 0 bridgehead atoms. The van der Waals surface area contributed by atoms with E-state index >= 15 is 0 Å². The summed E-state index contributed by atoms with van der Waals surface area (Å²) in [6.07, 6.45) is 6.74. The van der Waals surface area contributed by atoms with Gasteiger partial charge in [-0.3, -0.25) is 4.79 Å². The molecule has 0 fully saturated rings. The number of methoxy groups -OCH3 is 2. The Bertz CT molecular complexity index is 463. The number of ether oxygens (including phenoxy) is 2. The number of carbonyl (C=O) groups is 1. The molecule has 0 aliphatic rings. The molecule has 3 heteroatoms. The van der Waals surface area contributed by atoms with Crippen LogP contribution in [-0.2, 0) is 4.79 Å². The lowest BCUT2D eigenvalue weighted by molar-refractivity contribution is -0.110. The Hall–Kier alpha value is -2.03. The van der Waals surface area contributed by atoms with Crippen molar-refractivity contribution in [3.63, 3.8) is 0 Å². The summed E-state index contributed by atoms with van der Waals surface area (Å²) in [6, 6.07) is 5.48. The van der Waals surface area contributed by atoms with Crippen LogP contribution in [0.2, 0.25) is 0 Å². The molecule has 1 aromatic rings. The van der Waals surface area contributed by atoms with Gasteiger partial charge in [0, 0.05) is 6.07 Å². The van der Waals surface area contributed by atoms with Gasteiger partial charge in [-0.2, -0.15) is 0 Å². The summed E-state index contributed by atoms with van der Waals surface area (Å²) in [7, 11) is 3.19. The highest BCUT2D eigenvalue weighted by atomic mass is 16.5. The Labute approximate surface area is 114 Å². The molecule has 0 aliphatic carbocycles. The molecular formula is C16H20O3. The van der Waals surface area contributed by atoms with Gasteiger partial charge in [-0.25, -0.2) is 0 Å². The van der Waals surface area contributed by atoms with E-state index in [9.17, 15) is 4.79 Å². The van der Waals surface area contributed by atoms with Crippen molar-refractivity contribution in [2.24, 2.45) is 5.92 Å². The van der Waals surface area contributed by atoms with Crippen LogP contribution in [0.5, 0.6) is 11.5 Å². The third-order valence-electron chi connectivity index (χ3n) is 2.46. The summed E-state index contributed by atoms with van der Waals surface area (Å²) < 4.78 is 10.3. The third-order valence-corrected chi connectivity index (χ3v) is 2.46. The van der Waals surface area contributed by atoms with Crippen molar-refractivity contribution in [2.45, 2.75) is 13.8 Å². The number of hydrogen-bond acceptors (Lipinski definition) is 3. The van der Waals surface area contributed by atoms with Crippen molar-refractivity contribution >= 4 is 11.9 Å². The number of rotatable bonds is 6. The molecule has 0 amide bonds. The van der Waals surface area contributed by atoms with Crippen LogP contribution in [-0.4, -0.2) is 20.0 Å². The van der Waals surface area contributed by atoms with Gasteiger partial charge in [0.05, 0.1) is 14.2 Å². The highest BCUT2D eigenvalue weighted by Gasteiger charge is 1.99. The van der Waals surface area contributed by atoms with Crippen molar-refractivity contribution in [1.82, 2.24) is 0 Å². The molecule has 102 valence electrons. The Kier molecular flexibility index (Phi) is 5.86. The molecule has 0 saturated heterocycles. The Morgan fingerprint density at radius 2 is 1.63 bits per heavy atom. The standard InChI is InChI=1S/C16H20O3/c1-12(2)5-7-14(17)8-6-13-9-15(18-3)11-16(10-13)19-4/h5-12H,1-4H3/b7-5+,8-6+. The molecule has 0 aliphatic heterocycles. The number of allylic oxidation sites excluding steroid dienone is 3. The fourth-order valence-corrected chi connectivity index (χ4v) is 1.45. The fourth-order valence-electron chi connectivity index (χ4n) is 1.45. The maximum Gasteiger partial charge on any atom is 0.178 e. The first-order valence-electron chi connectivity index (χ1n) is 6.18. The molecule has 0 saturated carbocycles. The summed E-state index contributed by atoms with van der Waals surface area (Å²) in [5.74, 6) is 1.73. The Morgan fingerprint density at radius 1 is 1.05 bits per heavy atom. The Balaban J connectivity index is 2.83. The summed E-state index contributed by atoms with van der Waals surface area (Å²) in [4.78, 5) is 11.6. The number of carbonyl (C=O) groups excluding carboxylic acids is 1. The molecule has 19 heavy (non-hydrogen) atoms. The minimum atomic E-state index is -0.0320. The van der Waals surface area contributed by atoms with E-state index in [0.29, 0.717) is 17.4 Å². The molecule has 0 N–H and O–H groups in total. The van der Waals surface area contributed by atoms with Gasteiger partial charge < -0.3 is 9.47 Å². The average molecular weight is 260 g/mol. The SMILES string of the molecule is COc1cc(/C=C/C(=O)/C=C/C(C)C)cc(OC)c1. The van der Waals surface area contributed by atoms with Crippen LogP contribution in [0.4, 0.5) is 0 Å². The quantitative estimate of drug-likeness (QED) is 0.734. The second-order valence-electron chi connectivity index (χ2n) is 4.48. The average Bonchev–Trinajstić information content (AvgIpc) is 2.42. The zero-order chi connectivity index (χ0) is 14.3. The van der Waals surface area contributed by atoms with E-state index in [2.05, 4.69) is 0 Å². The van der Waals surface area contributed by atoms with E-state index in [-0.39, 0.29) is 5.78 Å². The second-order valence-corrected chi connectivity index (χ2v) is 4.48. The van der Waals surface area contributed by atoms with Crippen molar-refractivity contribution < 1.29 is 14.3 Å². The predicted octanol–water partition coefficient (Wildman–Crippen LogP) is 3.50. The summed E-state index contributed by atoms with van der Waals surface area (Å²) in [6.45, 7) is 4.06. The fraction of sp³-hybridized carbons (Fsp3) is 0.312. The van der Waals surface area contributed by atoms with Gasteiger partial charge in [0.15, 0.2) is 5.78 Å². The minimum Gasteiger partial charge on any atom is -0.497 e. The number of benzene rings is 1. The highest BCUT2D eigenvalue weighted by molar-refractivity contribution is 6.02. The smallest absolute Gasteiger partial charge is 0.178 e. The van der Waals surface area contributed by atoms with Gasteiger partial charge in [0.1, 0.15) is 11.5 Å². The van der Waals surface area contributed by atoms with Gasteiger partial charge in [0.25, 0.3) is 0 Å². The molecular weight excluding hydrogens is 240 g/mol. The van der Waals surface area contributed by atoms with Gasteiger partial charge in [-0.05, 0) is 35.8 Å². The largest absolute Gasteiger partial charge is 0.497 e. The van der Waals surface area contributed by atoms with Crippen LogP contribution in [0.1, 0.15) is 19.4 Å². The molecule has 0 radical (unpaired) electrons. The first-order chi connectivity index (χ1) is 9.05. The zero-order valence-corrected chi connectivity index (χ0v) is 11.8. The van der Waals surface area contributed by atoms with E-state index in [1.807, 2.05) is 32.1 Å². The van der Waals surface area contributed by atoms with Crippen LogP contribution >= 0.6 is 0 Å². The van der Waals surface area contributed by atoms with Gasteiger partial charge in [0.2, 0.25) is 0 Å². The van der Waals surface area contributed by atoms with E-state index in [1.165, 1.54) is 6.08 Å². The van der Waals surface area contributed by atoms with E-state index < -0.39 is 0 Å². The van der Waals surface area contributed by atoms with Gasteiger partial charge in [-0.15, -0.1) is 0 Å². The van der Waals surface area contributed by atoms with Crippen molar-refractivity contribution in [3.05, 3.63) is 42.0 Å². The highest BCUT2D eigenvalue weighted by Crippen LogP contribution is 2.23. The molecule has 0 unspecified atom stereocenters. The van der Waals surface area contributed by atoms with Crippen molar-refractivity contribution in [1.29, 1.82) is 0 Å². The molecule has 0 aromatic heterocycles. The first kappa shape index (κ1) is 15.0. The molecule has 0 heterocycles. The third kappa shape index (κ3) is 5.42. The van der Waals surface area contributed by atoms with Crippen LogP contribution in [0.3, 0.4) is 0 Å². The van der Waals surface area contributed by atoms with Crippen LogP contribution in [0.25, 0.3) is 6.08 Å². The van der Waals surface area contributed by atoms with E-state index in [0.717, 1.165) is 5.56 Å². The van der Waals surface area contributed by atoms with E-state index in [4.69, 9.17) is 9.47 Å². The lowest BCUT2D eigenvalue weighted by atomic mass is 10.1. The zero-order valence-electron chi connectivity index (χ0n) is 11.8. The van der Waals surface area contributed by atoms with Crippen LogP contribution in [0, 0.1) is 5.92 Å². The van der Waals surface area contributed by atoms with Gasteiger partial charge in [-0.1, -0.05) is 26.0 Å². The number of ketones is 1. The maximum absolute atomic E-state index is 11.6. The van der Waals surface area contributed by atoms with Gasteiger partial charge >= 0.3 is 0 Å². The molecule has 0 atom stereocenters. The second kappa shape index (κ2) is 7.41. The number of hydrogen-bond donors (Lipinski definition) is 0. The lowest BCUT2D eigenvalue weighted by Crippen LogP contribution is -1.90. The van der Waals surface area contributed by atoms with Crippen molar-refractivity contribution in [2.75, 3.05) is 14.2 Å². The summed E-state index contributed by atoms with van der Waals surface area (Å²) in [5.41, 5.74) is 0.863. The molecule has 0 spiro atoms. The first-order valence-corrected chi connectivity index (χ1v) is 6.18. The summed E-state index contributed by atoms with van der Waals surface area (Å²) in [5, 5.41) is 0. The van der Waals surface area contributed by atoms with Crippen LogP contribution < -0.4 is 9.47 Å². The minimum absolute atomic E-state index is 0.0320.